The maximum Gasteiger partial charge on any atom is 0.262 e. The van der Waals surface area contributed by atoms with E-state index in [1.807, 2.05) is 82.2 Å². The molecule has 0 saturated carbocycles. The van der Waals surface area contributed by atoms with Crippen LogP contribution in [0.2, 0.25) is 0 Å². The smallest absolute Gasteiger partial charge is 0.262 e. The zero-order valence-corrected chi connectivity index (χ0v) is 35.8. The van der Waals surface area contributed by atoms with Crippen molar-refractivity contribution in [2.45, 2.75) is 37.8 Å². The monoisotopic (exact) mass is 883 g/mol. The molecule has 8 rings (SSSR count). The third-order valence-corrected chi connectivity index (χ3v) is 11.4. The number of aromatic nitrogens is 4. The molecule has 2 atom stereocenters. The van der Waals surface area contributed by atoms with Crippen LogP contribution in [0.3, 0.4) is 0 Å². The molecular weight excluding hydrogens is 835 g/mol. The maximum absolute atomic E-state index is 13.4. The number of anilines is 2. The molecule has 19 heteroatoms. The van der Waals surface area contributed by atoms with Crippen molar-refractivity contribution in [3.05, 3.63) is 102 Å². The molecule has 0 aliphatic carbocycles. The van der Waals surface area contributed by atoms with Crippen molar-refractivity contribution in [2.24, 2.45) is 0 Å². The first-order valence-corrected chi connectivity index (χ1v) is 21.4. The van der Waals surface area contributed by atoms with Crippen LogP contribution in [-0.4, -0.2) is 135 Å². The van der Waals surface area contributed by atoms with Crippen LogP contribution in [0.4, 0.5) is 11.5 Å². The molecule has 3 aliphatic rings. The Bertz CT molecular complexity index is 2630. The van der Waals surface area contributed by atoms with E-state index >= 15 is 0 Å². The second kappa shape index (κ2) is 19.9. The van der Waals surface area contributed by atoms with Gasteiger partial charge < -0.3 is 35.6 Å². The van der Waals surface area contributed by atoms with E-state index in [0.29, 0.717) is 66.8 Å². The highest BCUT2D eigenvalue weighted by atomic mass is 16.5. The van der Waals surface area contributed by atoms with Crippen molar-refractivity contribution in [3.63, 3.8) is 0 Å². The molecule has 1 unspecified atom stereocenters. The predicted octanol–water partition coefficient (Wildman–Crippen LogP) is 3.17. The van der Waals surface area contributed by atoms with Gasteiger partial charge in [-0.05, 0) is 80.9 Å². The summed E-state index contributed by atoms with van der Waals surface area (Å²) in [4.78, 5) is 89.3. The highest BCUT2D eigenvalue weighted by Crippen LogP contribution is 2.35. The lowest BCUT2D eigenvalue weighted by molar-refractivity contribution is -0.136. The molecule has 5 N–H and O–H groups in total. The average Bonchev–Trinajstić information content (AvgIpc) is 3.82. The second-order valence-electron chi connectivity index (χ2n) is 16.0. The summed E-state index contributed by atoms with van der Waals surface area (Å²) in [5, 5.41) is 13.6. The Morgan fingerprint density at radius 1 is 0.954 bits per heavy atom. The second-order valence-corrected chi connectivity index (χ2v) is 16.0. The average molecular weight is 884 g/mol. The summed E-state index contributed by atoms with van der Waals surface area (Å²) in [5.74, 6) is -0.972. The Morgan fingerprint density at radius 2 is 1.74 bits per heavy atom. The molecule has 3 aliphatic heterocycles. The minimum Gasteiger partial charge on any atom is -0.457 e. The number of hydrogen-bond acceptors (Lipinski definition) is 14. The molecule has 2 saturated heterocycles. The summed E-state index contributed by atoms with van der Waals surface area (Å²) in [5.41, 5.74) is 9.24. The van der Waals surface area contributed by atoms with Crippen LogP contribution in [-0.2, 0) is 23.9 Å². The van der Waals surface area contributed by atoms with Crippen LogP contribution < -0.4 is 26.4 Å². The summed E-state index contributed by atoms with van der Waals surface area (Å²) in [6, 6.07) is 20.6. The zero-order valence-electron chi connectivity index (χ0n) is 35.8. The van der Waals surface area contributed by atoms with Crippen LogP contribution in [0.15, 0.2) is 91.3 Å². The maximum atomic E-state index is 13.4. The normalized spacial score (nSPS) is 17.5. The number of rotatable bonds is 17. The zero-order chi connectivity index (χ0) is 45.5. The number of likely N-dealkylation sites (N-methyl/N-ethyl adjacent to an activating group) is 1. The number of amides is 6. The number of fused-ring (bicyclic) bond motifs is 2. The SMILES string of the molecule is CN(C/C=C/C(=O)N1CCC[C@@H](n2nc(-c3ccc(Oc4ccccc4)cc3)c3c(N)ncnc32)C1)CCOCCNC(=O)CNc1ccc2c(c1)C(=O)N(C1CCC(=O)NC1=O)C2=O. The first-order chi connectivity index (χ1) is 31.5. The van der Waals surface area contributed by atoms with E-state index < -0.39 is 29.7 Å². The number of hydrogen-bond donors (Lipinski definition) is 4. The summed E-state index contributed by atoms with van der Waals surface area (Å²) < 4.78 is 13.6. The highest BCUT2D eigenvalue weighted by Gasteiger charge is 2.44. The molecule has 2 aromatic heterocycles. The molecule has 65 heavy (non-hydrogen) atoms. The molecule has 336 valence electrons. The number of ether oxygens (including phenoxy) is 2. The van der Waals surface area contributed by atoms with Crippen molar-refractivity contribution in [2.75, 3.05) is 70.6 Å². The molecule has 2 fully saturated rings. The van der Waals surface area contributed by atoms with Gasteiger partial charge in [0.25, 0.3) is 11.8 Å². The Hall–Kier alpha value is -7.51. The van der Waals surface area contributed by atoms with Gasteiger partial charge in [0.05, 0.1) is 42.3 Å². The lowest BCUT2D eigenvalue weighted by Gasteiger charge is -2.32. The van der Waals surface area contributed by atoms with Gasteiger partial charge in [-0.1, -0.05) is 24.3 Å². The van der Waals surface area contributed by atoms with Crippen molar-refractivity contribution in [3.8, 4) is 22.8 Å². The summed E-state index contributed by atoms with van der Waals surface area (Å²) >= 11 is 0. The van der Waals surface area contributed by atoms with E-state index in [9.17, 15) is 28.8 Å². The van der Waals surface area contributed by atoms with Crippen molar-refractivity contribution in [1.29, 1.82) is 0 Å². The van der Waals surface area contributed by atoms with E-state index in [0.717, 1.165) is 29.1 Å². The van der Waals surface area contributed by atoms with Gasteiger partial charge in [-0.15, -0.1) is 0 Å². The first-order valence-electron chi connectivity index (χ1n) is 21.4. The van der Waals surface area contributed by atoms with Crippen LogP contribution in [0.5, 0.6) is 11.5 Å². The standard InChI is InChI=1S/C46H49N11O8/c1-54(22-24-64-23-19-48-38(59)26-49-30-13-16-34-35(25-30)46(63)56(45(34)62)36-17-18-37(58)52-44(36)61)20-6-10-39(60)55-21-5-7-31(27-55)57-43-40(42(47)50-28-51-43)41(53-57)29-11-14-33(15-12-29)65-32-8-3-2-4-9-32/h2-4,6,8-16,25,28,31,36,49H,5,7,17-24,26-27H2,1H3,(H,48,59)(H2,47,50,51)(H,52,58,61)/b10-6+/t31-,36?/m1/s1. The summed E-state index contributed by atoms with van der Waals surface area (Å²) in [6.45, 7) is 3.12. The number of para-hydroxylation sites is 1. The van der Waals surface area contributed by atoms with E-state index in [2.05, 4.69) is 25.9 Å². The number of nitrogens with one attached hydrogen (secondary N) is 3. The third-order valence-electron chi connectivity index (χ3n) is 11.4. The Balaban J connectivity index is 0.743. The number of nitrogens with zero attached hydrogens (tertiary/aromatic N) is 7. The molecule has 0 bridgehead atoms. The van der Waals surface area contributed by atoms with Gasteiger partial charge in [0, 0.05) is 56.5 Å². The van der Waals surface area contributed by atoms with Crippen LogP contribution in [0, 0.1) is 0 Å². The van der Waals surface area contributed by atoms with Crippen molar-refractivity contribution in [1.82, 2.24) is 45.1 Å². The molecule has 0 radical (unpaired) electrons. The van der Waals surface area contributed by atoms with E-state index in [1.165, 1.54) is 18.5 Å². The number of nitrogens with two attached hydrogens (primary N) is 1. The minimum atomic E-state index is -1.05. The van der Waals surface area contributed by atoms with Gasteiger partial charge in [0.1, 0.15) is 35.4 Å². The number of carbonyl (C=O) groups is 6. The summed E-state index contributed by atoms with van der Waals surface area (Å²) in [6.07, 6.45) is 6.59. The van der Waals surface area contributed by atoms with Crippen LogP contribution in [0.1, 0.15) is 52.4 Å². The Labute approximate surface area is 373 Å². The van der Waals surface area contributed by atoms with E-state index in [1.54, 1.807) is 12.1 Å². The fourth-order valence-corrected chi connectivity index (χ4v) is 8.05. The van der Waals surface area contributed by atoms with Gasteiger partial charge in [0.15, 0.2) is 5.65 Å². The van der Waals surface area contributed by atoms with Gasteiger partial charge in [-0.2, -0.15) is 5.10 Å². The number of imide groups is 2. The lowest BCUT2D eigenvalue weighted by atomic mass is 10.0. The fourth-order valence-electron chi connectivity index (χ4n) is 8.05. The van der Waals surface area contributed by atoms with E-state index in [4.69, 9.17) is 20.3 Å². The minimum absolute atomic E-state index is 0.0325. The lowest BCUT2D eigenvalue weighted by Crippen LogP contribution is -2.54. The fraction of sp³-hybridized carbons (Fsp3) is 0.326. The molecule has 0 spiro atoms. The molecular formula is C46H49N11O8. The predicted molar refractivity (Wildman–Crippen MR) is 239 cm³/mol. The Kier molecular flexibility index (Phi) is 13.5. The van der Waals surface area contributed by atoms with Crippen LogP contribution in [0.25, 0.3) is 22.3 Å². The number of carbonyl (C=O) groups excluding carboxylic acids is 6. The quantitative estimate of drug-likeness (QED) is 0.0597. The number of likely N-dealkylation sites (tertiary alicyclic amines) is 1. The molecule has 3 aromatic carbocycles. The third kappa shape index (κ3) is 10.2. The van der Waals surface area contributed by atoms with Crippen LogP contribution >= 0.6 is 0 Å². The highest BCUT2D eigenvalue weighted by molar-refractivity contribution is 6.23. The molecule has 5 aromatic rings. The van der Waals surface area contributed by atoms with Crippen molar-refractivity contribution < 1.29 is 38.2 Å². The molecule has 19 nitrogen and oxygen atoms in total. The van der Waals surface area contributed by atoms with Crippen molar-refractivity contribution >= 4 is 58.0 Å². The van der Waals surface area contributed by atoms with Gasteiger partial charge in [-0.25, -0.2) is 14.6 Å². The number of nitrogen functional groups attached to an aromatic ring is 1. The van der Waals surface area contributed by atoms with Gasteiger partial charge in [-0.3, -0.25) is 39.0 Å². The summed E-state index contributed by atoms with van der Waals surface area (Å²) in [7, 11) is 1.93. The number of piperidine rings is 2. The largest absolute Gasteiger partial charge is 0.457 e. The first kappa shape index (κ1) is 44.1. The topological polar surface area (TPSA) is 236 Å². The Morgan fingerprint density at radius 3 is 2.54 bits per heavy atom. The van der Waals surface area contributed by atoms with Gasteiger partial charge >= 0.3 is 0 Å². The van der Waals surface area contributed by atoms with E-state index in [-0.39, 0.29) is 61.5 Å². The molecule has 6 amide bonds. The number of benzene rings is 3. The van der Waals surface area contributed by atoms with Gasteiger partial charge in [0.2, 0.25) is 23.6 Å². The molecule has 5 heterocycles.